The van der Waals surface area contributed by atoms with Crippen molar-refractivity contribution in [3.8, 4) is 11.6 Å². The molecule has 3 N–H and O–H groups in total. The van der Waals surface area contributed by atoms with Crippen molar-refractivity contribution < 1.29 is 18.7 Å². The zero-order valence-electron chi connectivity index (χ0n) is 14.3. The maximum Gasteiger partial charge on any atom is 0.270 e. The molecule has 0 spiro atoms. The van der Waals surface area contributed by atoms with Crippen LogP contribution >= 0.6 is 15.9 Å². The molecule has 0 saturated carbocycles. The van der Waals surface area contributed by atoms with E-state index in [2.05, 4.69) is 26.2 Å². The Balaban J connectivity index is 2.18. The summed E-state index contributed by atoms with van der Waals surface area (Å²) >= 11 is 3.29. The van der Waals surface area contributed by atoms with Crippen molar-refractivity contribution >= 4 is 27.7 Å². The highest BCUT2D eigenvalue weighted by Crippen LogP contribution is 2.28. The molecule has 6 nitrogen and oxygen atoms in total. The molecule has 0 bridgehead atoms. The van der Waals surface area contributed by atoms with Gasteiger partial charge in [-0.25, -0.2) is 9.37 Å². The number of primary amides is 1. The van der Waals surface area contributed by atoms with Gasteiger partial charge in [-0.3, -0.25) is 9.59 Å². The highest BCUT2D eigenvalue weighted by molar-refractivity contribution is 9.10. The first kappa shape index (κ1) is 19.8. The summed E-state index contributed by atoms with van der Waals surface area (Å²) in [6.45, 7) is 3.85. The summed E-state index contributed by atoms with van der Waals surface area (Å²) in [5.41, 5.74) is 5.41. The Morgan fingerprint density at radius 3 is 2.46 bits per heavy atom. The summed E-state index contributed by atoms with van der Waals surface area (Å²) in [6, 6.07) is 7.71. The second-order valence-corrected chi connectivity index (χ2v) is 6.95. The van der Waals surface area contributed by atoms with Crippen molar-refractivity contribution in [2.45, 2.75) is 26.3 Å². The summed E-state index contributed by atoms with van der Waals surface area (Å²) in [4.78, 5) is 28.1. The van der Waals surface area contributed by atoms with E-state index in [1.54, 1.807) is 6.07 Å². The van der Waals surface area contributed by atoms with E-state index in [4.69, 9.17) is 10.5 Å². The molecule has 0 aliphatic rings. The van der Waals surface area contributed by atoms with Gasteiger partial charge in [0.25, 0.3) is 5.91 Å². The van der Waals surface area contributed by atoms with E-state index in [1.165, 1.54) is 30.3 Å². The van der Waals surface area contributed by atoms with Gasteiger partial charge in [0.05, 0.1) is 4.47 Å². The Bertz CT molecular complexity index is 797. The number of amides is 2. The van der Waals surface area contributed by atoms with Gasteiger partial charge in [0.1, 0.15) is 23.3 Å². The molecule has 1 aromatic carbocycles. The van der Waals surface area contributed by atoms with Gasteiger partial charge >= 0.3 is 0 Å². The Hall–Kier alpha value is -2.48. The third-order valence-corrected chi connectivity index (χ3v) is 4.03. The number of carbonyl (C=O) groups is 2. The minimum Gasteiger partial charge on any atom is -0.438 e. The Morgan fingerprint density at radius 1 is 1.23 bits per heavy atom. The molecule has 1 aromatic heterocycles. The first-order chi connectivity index (χ1) is 12.3. The van der Waals surface area contributed by atoms with Crippen LogP contribution in [0.5, 0.6) is 11.6 Å². The lowest BCUT2D eigenvalue weighted by Crippen LogP contribution is -2.45. The Labute approximate surface area is 159 Å². The van der Waals surface area contributed by atoms with Gasteiger partial charge in [0.2, 0.25) is 11.8 Å². The zero-order valence-corrected chi connectivity index (χ0v) is 15.9. The number of rotatable bonds is 7. The molecule has 2 rings (SSSR count). The molecular weight excluding hydrogens is 405 g/mol. The fourth-order valence-electron chi connectivity index (χ4n) is 2.19. The van der Waals surface area contributed by atoms with E-state index in [1.807, 2.05) is 13.8 Å². The molecule has 0 radical (unpaired) electrons. The van der Waals surface area contributed by atoms with Crippen molar-refractivity contribution in [2.24, 2.45) is 11.7 Å². The van der Waals surface area contributed by atoms with E-state index in [0.717, 1.165) is 0 Å². The SMILES string of the molecule is CC(C)C[C@H](NC(=O)c1ccc(Br)c(Oc2ccc(F)cc2)n1)C(N)=O. The summed E-state index contributed by atoms with van der Waals surface area (Å²) in [6.07, 6.45) is 0.427. The maximum absolute atomic E-state index is 13.0. The van der Waals surface area contributed by atoms with Crippen LogP contribution in [0.4, 0.5) is 4.39 Å². The van der Waals surface area contributed by atoms with Crippen LogP contribution in [0.3, 0.4) is 0 Å². The van der Waals surface area contributed by atoms with Crippen molar-refractivity contribution in [2.75, 3.05) is 0 Å². The molecule has 0 saturated heterocycles. The predicted octanol–water partition coefficient (Wildman–Crippen LogP) is 3.41. The molecule has 0 aliphatic heterocycles. The third-order valence-electron chi connectivity index (χ3n) is 3.43. The average molecular weight is 424 g/mol. The van der Waals surface area contributed by atoms with E-state index < -0.39 is 17.9 Å². The van der Waals surface area contributed by atoms with Crippen molar-refractivity contribution in [1.82, 2.24) is 10.3 Å². The first-order valence-electron chi connectivity index (χ1n) is 7.96. The van der Waals surface area contributed by atoms with Crippen LogP contribution in [0.15, 0.2) is 40.9 Å². The molecule has 1 heterocycles. The largest absolute Gasteiger partial charge is 0.438 e. The van der Waals surface area contributed by atoms with Crippen molar-refractivity contribution in [3.63, 3.8) is 0 Å². The van der Waals surface area contributed by atoms with Crippen LogP contribution in [0, 0.1) is 11.7 Å². The number of halogens is 2. The molecule has 138 valence electrons. The second-order valence-electron chi connectivity index (χ2n) is 6.10. The highest BCUT2D eigenvalue weighted by Gasteiger charge is 2.21. The number of ether oxygens (including phenoxy) is 1. The standard InChI is InChI=1S/C18H19BrFN3O3/c1-10(2)9-15(16(21)24)22-17(25)14-8-7-13(19)18(23-14)26-12-5-3-11(20)4-6-12/h3-8,10,15H,9H2,1-2H3,(H2,21,24)(H,22,25)/t15-/m0/s1. The first-order valence-corrected chi connectivity index (χ1v) is 8.75. The van der Waals surface area contributed by atoms with Crippen molar-refractivity contribution in [3.05, 3.63) is 52.4 Å². The van der Waals surface area contributed by atoms with Gasteiger partial charge in [-0.1, -0.05) is 13.8 Å². The minimum absolute atomic E-state index is 0.0697. The monoisotopic (exact) mass is 423 g/mol. The summed E-state index contributed by atoms with van der Waals surface area (Å²) in [7, 11) is 0. The number of benzene rings is 1. The predicted molar refractivity (Wildman–Crippen MR) is 98.3 cm³/mol. The minimum atomic E-state index is -0.783. The number of aromatic nitrogens is 1. The Kier molecular flexibility index (Phi) is 6.68. The summed E-state index contributed by atoms with van der Waals surface area (Å²) in [5, 5.41) is 2.59. The number of hydrogen-bond acceptors (Lipinski definition) is 4. The second kappa shape index (κ2) is 8.75. The van der Waals surface area contributed by atoms with Crippen LogP contribution in [-0.2, 0) is 4.79 Å². The smallest absolute Gasteiger partial charge is 0.270 e. The number of pyridine rings is 1. The van der Waals surface area contributed by atoms with Crippen molar-refractivity contribution in [1.29, 1.82) is 0 Å². The van der Waals surface area contributed by atoms with E-state index in [9.17, 15) is 14.0 Å². The van der Waals surface area contributed by atoms with E-state index in [-0.39, 0.29) is 23.3 Å². The zero-order chi connectivity index (χ0) is 19.3. The van der Waals surface area contributed by atoms with Crippen LogP contribution in [-0.4, -0.2) is 22.8 Å². The maximum atomic E-state index is 13.0. The molecular formula is C18H19BrFN3O3. The normalized spacial score (nSPS) is 11.9. The van der Waals surface area contributed by atoms with Gasteiger partial charge in [-0.15, -0.1) is 0 Å². The number of carbonyl (C=O) groups excluding carboxylic acids is 2. The van der Waals surface area contributed by atoms with Gasteiger partial charge < -0.3 is 15.8 Å². The van der Waals surface area contributed by atoms with Crippen LogP contribution < -0.4 is 15.8 Å². The number of nitrogens with one attached hydrogen (secondary N) is 1. The molecule has 26 heavy (non-hydrogen) atoms. The fraction of sp³-hybridized carbons (Fsp3) is 0.278. The Morgan fingerprint density at radius 2 is 1.88 bits per heavy atom. The van der Waals surface area contributed by atoms with E-state index >= 15 is 0 Å². The lowest BCUT2D eigenvalue weighted by Gasteiger charge is -2.17. The molecule has 2 aromatic rings. The molecule has 8 heteroatoms. The van der Waals surface area contributed by atoms with Gasteiger partial charge in [-0.05, 0) is 64.7 Å². The topological polar surface area (TPSA) is 94.3 Å². The number of nitrogens with zero attached hydrogens (tertiary/aromatic N) is 1. The average Bonchev–Trinajstić information content (AvgIpc) is 2.57. The number of hydrogen-bond donors (Lipinski definition) is 2. The summed E-state index contributed by atoms with van der Waals surface area (Å²) in [5.74, 6) is -0.836. The van der Waals surface area contributed by atoms with Crippen LogP contribution in [0.1, 0.15) is 30.8 Å². The molecule has 2 amide bonds. The molecule has 1 atom stereocenters. The molecule has 0 aliphatic carbocycles. The van der Waals surface area contributed by atoms with Gasteiger partial charge in [0.15, 0.2) is 0 Å². The number of nitrogens with two attached hydrogens (primary N) is 1. The fourth-order valence-corrected chi connectivity index (χ4v) is 2.49. The molecule has 0 unspecified atom stereocenters. The quantitative estimate of drug-likeness (QED) is 0.713. The van der Waals surface area contributed by atoms with Gasteiger partial charge in [-0.2, -0.15) is 0 Å². The van der Waals surface area contributed by atoms with Crippen LogP contribution in [0.25, 0.3) is 0 Å². The van der Waals surface area contributed by atoms with Gasteiger partial charge in [0, 0.05) is 0 Å². The summed E-state index contributed by atoms with van der Waals surface area (Å²) < 4.78 is 19.1. The van der Waals surface area contributed by atoms with Crippen LogP contribution in [0.2, 0.25) is 0 Å². The third kappa shape index (κ3) is 5.52. The lowest BCUT2D eigenvalue weighted by molar-refractivity contribution is -0.120. The van der Waals surface area contributed by atoms with E-state index in [0.29, 0.717) is 16.6 Å². The molecule has 0 fully saturated rings. The highest BCUT2D eigenvalue weighted by atomic mass is 79.9. The lowest BCUT2D eigenvalue weighted by atomic mass is 10.0.